The molecule has 3 aromatic carbocycles. The monoisotopic (exact) mass is 526 g/mol. The van der Waals surface area contributed by atoms with Gasteiger partial charge < -0.3 is 14.4 Å². The lowest BCUT2D eigenvalue weighted by atomic mass is 10.0. The van der Waals surface area contributed by atoms with E-state index in [1.807, 2.05) is 53.2 Å². The second-order valence-corrected chi connectivity index (χ2v) is 9.43. The second kappa shape index (κ2) is 12.9. The first kappa shape index (κ1) is 27.6. The van der Waals surface area contributed by atoms with Crippen LogP contribution in [0.4, 0.5) is 5.95 Å². The van der Waals surface area contributed by atoms with E-state index < -0.39 is 0 Å². The van der Waals surface area contributed by atoms with Gasteiger partial charge in [-0.05, 0) is 47.9 Å². The van der Waals surface area contributed by atoms with Crippen LogP contribution < -0.4 is 10.1 Å². The molecular formula is C31H34N4O4. The predicted octanol–water partition coefficient (Wildman–Crippen LogP) is 5.40. The summed E-state index contributed by atoms with van der Waals surface area (Å²) in [5.74, 6) is 0.790. The molecule has 1 N–H and O–H groups in total. The normalized spacial score (nSPS) is 10.9. The number of nitrogens with one attached hydrogen (secondary N) is 1. The molecule has 8 nitrogen and oxygen atoms in total. The molecule has 0 spiro atoms. The number of methoxy groups -OCH3 is 2. The van der Waals surface area contributed by atoms with Gasteiger partial charge in [0.25, 0.3) is 5.91 Å². The van der Waals surface area contributed by atoms with Crippen molar-refractivity contribution in [3.05, 3.63) is 96.2 Å². The molecule has 0 saturated heterocycles. The Morgan fingerprint density at radius 1 is 0.949 bits per heavy atom. The largest absolute Gasteiger partial charge is 0.497 e. The Morgan fingerprint density at radius 2 is 1.64 bits per heavy atom. The van der Waals surface area contributed by atoms with Crippen molar-refractivity contribution in [2.75, 3.05) is 39.2 Å². The van der Waals surface area contributed by atoms with Crippen molar-refractivity contribution in [1.29, 1.82) is 0 Å². The number of anilines is 1. The molecule has 0 aliphatic rings. The molecule has 4 rings (SSSR count). The minimum atomic E-state index is -0.363. The molecule has 39 heavy (non-hydrogen) atoms. The molecule has 1 aromatic heterocycles. The van der Waals surface area contributed by atoms with Gasteiger partial charge in [-0.1, -0.05) is 56.3 Å². The van der Waals surface area contributed by atoms with Crippen molar-refractivity contribution in [1.82, 2.24) is 14.5 Å². The fourth-order valence-corrected chi connectivity index (χ4v) is 4.14. The maximum absolute atomic E-state index is 13.3. The van der Waals surface area contributed by atoms with Gasteiger partial charge >= 0.3 is 0 Å². The number of amides is 2. The van der Waals surface area contributed by atoms with Gasteiger partial charge in [0.15, 0.2) is 0 Å². The van der Waals surface area contributed by atoms with Gasteiger partial charge in [0, 0.05) is 36.7 Å². The zero-order valence-electron chi connectivity index (χ0n) is 22.8. The lowest BCUT2D eigenvalue weighted by Crippen LogP contribution is -2.40. The predicted molar refractivity (Wildman–Crippen MR) is 152 cm³/mol. The summed E-state index contributed by atoms with van der Waals surface area (Å²) in [6.07, 6.45) is 1.90. The van der Waals surface area contributed by atoms with Crippen LogP contribution in [0, 0.1) is 0 Å². The SMILES string of the molecule is COCCN(CC(=O)Nc1nc(-c2ccccc2)cn1-c1ccc(C(C)C)cc1)C(=O)c1ccc(OC)cc1. The summed E-state index contributed by atoms with van der Waals surface area (Å²) in [7, 11) is 3.13. The highest BCUT2D eigenvalue weighted by Crippen LogP contribution is 2.25. The van der Waals surface area contributed by atoms with Crippen molar-refractivity contribution in [2.24, 2.45) is 0 Å². The van der Waals surface area contributed by atoms with E-state index in [0.29, 0.717) is 29.8 Å². The van der Waals surface area contributed by atoms with E-state index in [0.717, 1.165) is 16.9 Å². The van der Waals surface area contributed by atoms with E-state index in [4.69, 9.17) is 14.5 Å². The van der Waals surface area contributed by atoms with Crippen molar-refractivity contribution in [2.45, 2.75) is 19.8 Å². The molecule has 0 aliphatic heterocycles. The highest BCUT2D eigenvalue weighted by Gasteiger charge is 2.21. The molecular weight excluding hydrogens is 492 g/mol. The molecule has 0 aliphatic carbocycles. The molecule has 2 amide bonds. The highest BCUT2D eigenvalue weighted by molar-refractivity contribution is 5.99. The Labute approximate surface area is 229 Å². The summed E-state index contributed by atoms with van der Waals surface area (Å²) in [4.78, 5) is 32.7. The third-order valence-corrected chi connectivity index (χ3v) is 6.39. The van der Waals surface area contributed by atoms with E-state index in [-0.39, 0.29) is 24.9 Å². The Bertz CT molecular complexity index is 1380. The number of carbonyl (C=O) groups excluding carboxylic acids is 2. The minimum absolute atomic E-state index is 0.159. The molecule has 202 valence electrons. The number of carbonyl (C=O) groups is 2. The summed E-state index contributed by atoms with van der Waals surface area (Å²) in [6.45, 7) is 4.69. The average Bonchev–Trinajstić information content (AvgIpc) is 3.39. The van der Waals surface area contributed by atoms with Crippen LogP contribution in [0.5, 0.6) is 5.75 Å². The maximum atomic E-state index is 13.3. The van der Waals surface area contributed by atoms with Crippen LogP contribution >= 0.6 is 0 Å². The number of hydrogen-bond acceptors (Lipinski definition) is 5. The van der Waals surface area contributed by atoms with E-state index in [2.05, 4.69) is 31.3 Å². The van der Waals surface area contributed by atoms with Gasteiger partial charge in [0.05, 0.1) is 19.4 Å². The smallest absolute Gasteiger partial charge is 0.254 e. The van der Waals surface area contributed by atoms with Gasteiger partial charge in [0.2, 0.25) is 11.9 Å². The number of benzene rings is 3. The lowest BCUT2D eigenvalue weighted by molar-refractivity contribution is -0.117. The fourth-order valence-electron chi connectivity index (χ4n) is 4.14. The number of ether oxygens (including phenoxy) is 2. The maximum Gasteiger partial charge on any atom is 0.254 e. The van der Waals surface area contributed by atoms with E-state index in [9.17, 15) is 9.59 Å². The lowest BCUT2D eigenvalue weighted by Gasteiger charge is -2.22. The first-order chi connectivity index (χ1) is 18.9. The summed E-state index contributed by atoms with van der Waals surface area (Å²) >= 11 is 0. The van der Waals surface area contributed by atoms with Crippen LogP contribution in [0.25, 0.3) is 16.9 Å². The van der Waals surface area contributed by atoms with Gasteiger partial charge in [-0.3, -0.25) is 19.5 Å². The molecule has 0 atom stereocenters. The van der Waals surface area contributed by atoms with Gasteiger partial charge in [-0.25, -0.2) is 4.98 Å². The van der Waals surface area contributed by atoms with E-state index in [1.165, 1.54) is 10.5 Å². The van der Waals surface area contributed by atoms with Crippen LogP contribution in [-0.4, -0.2) is 60.2 Å². The fraction of sp³-hybridized carbons (Fsp3) is 0.258. The quantitative estimate of drug-likeness (QED) is 0.283. The summed E-state index contributed by atoms with van der Waals surface area (Å²) in [5, 5.41) is 2.93. The number of nitrogens with zero attached hydrogens (tertiary/aromatic N) is 3. The Morgan fingerprint density at radius 3 is 2.26 bits per heavy atom. The van der Waals surface area contributed by atoms with Crippen molar-refractivity contribution >= 4 is 17.8 Å². The minimum Gasteiger partial charge on any atom is -0.497 e. The third kappa shape index (κ3) is 6.91. The topological polar surface area (TPSA) is 85.7 Å². The molecule has 4 aromatic rings. The summed E-state index contributed by atoms with van der Waals surface area (Å²) in [6, 6.07) is 24.8. The van der Waals surface area contributed by atoms with Gasteiger partial charge in [0.1, 0.15) is 12.3 Å². The molecule has 0 radical (unpaired) electrons. The average molecular weight is 527 g/mol. The Balaban J connectivity index is 1.59. The zero-order valence-corrected chi connectivity index (χ0v) is 22.8. The number of rotatable bonds is 11. The standard InChI is InChI=1S/C31H34N4O4/c1-22(2)23-10-14-26(15-11-23)35-20-28(24-8-6-5-7-9-24)32-31(35)33-29(36)21-34(18-19-38-3)30(37)25-12-16-27(39-4)17-13-25/h5-17,20,22H,18-19,21H2,1-4H3,(H,32,33,36). The Kier molecular flexibility index (Phi) is 9.12. The first-order valence-corrected chi connectivity index (χ1v) is 12.9. The molecule has 0 fully saturated rings. The zero-order chi connectivity index (χ0) is 27.8. The third-order valence-electron chi connectivity index (χ3n) is 6.39. The van der Waals surface area contributed by atoms with Crippen LogP contribution in [0.2, 0.25) is 0 Å². The van der Waals surface area contributed by atoms with Crippen molar-refractivity contribution < 1.29 is 19.1 Å². The van der Waals surface area contributed by atoms with Gasteiger partial charge in [-0.2, -0.15) is 0 Å². The second-order valence-electron chi connectivity index (χ2n) is 9.43. The van der Waals surface area contributed by atoms with Crippen LogP contribution in [-0.2, 0) is 9.53 Å². The molecule has 0 unspecified atom stereocenters. The summed E-state index contributed by atoms with van der Waals surface area (Å²) < 4.78 is 12.2. The molecule has 1 heterocycles. The van der Waals surface area contributed by atoms with Crippen LogP contribution in [0.1, 0.15) is 35.7 Å². The van der Waals surface area contributed by atoms with Crippen LogP contribution in [0.15, 0.2) is 85.1 Å². The Hall–Kier alpha value is -4.43. The van der Waals surface area contributed by atoms with Crippen molar-refractivity contribution in [3.63, 3.8) is 0 Å². The summed E-state index contributed by atoms with van der Waals surface area (Å²) in [5.41, 5.74) is 4.21. The van der Waals surface area contributed by atoms with Gasteiger partial charge in [-0.15, -0.1) is 0 Å². The van der Waals surface area contributed by atoms with Crippen molar-refractivity contribution in [3.8, 4) is 22.7 Å². The van der Waals surface area contributed by atoms with E-state index in [1.54, 1.807) is 38.5 Å². The molecule has 8 heteroatoms. The first-order valence-electron chi connectivity index (χ1n) is 12.9. The number of aromatic nitrogens is 2. The van der Waals surface area contributed by atoms with E-state index >= 15 is 0 Å². The molecule has 0 saturated carbocycles. The number of imidazole rings is 1. The highest BCUT2D eigenvalue weighted by atomic mass is 16.5. The number of hydrogen-bond donors (Lipinski definition) is 1. The molecule has 0 bridgehead atoms. The van der Waals surface area contributed by atoms with Crippen LogP contribution in [0.3, 0.4) is 0 Å².